The van der Waals surface area contributed by atoms with Crippen molar-refractivity contribution < 1.29 is 4.74 Å². The summed E-state index contributed by atoms with van der Waals surface area (Å²) >= 11 is 1.92. The Morgan fingerprint density at radius 1 is 0.476 bits per heavy atom. The highest BCUT2D eigenvalue weighted by atomic mass is 32.1. The molecule has 2 aliphatic carbocycles. The summed E-state index contributed by atoms with van der Waals surface area (Å²) in [7, 11) is 0. The van der Waals surface area contributed by atoms with Gasteiger partial charge in [-0.3, -0.25) is 0 Å². The third-order valence-corrected chi connectivity index (χ3v) is 10.5. The van der Waals surface area contributed by atoms with Crippen molar-refractivity contribution in [1.29, 1.82) is 0 Å². The molecule has 3 heteroatoms. The number of nitrogens with zero attached hydrogens (tertiary/aromatic N) is 1. The van der Waals surface area contributed by atoms with Crippen LogP contribution in [0.4, 0.5) is 17.1 Å². The molecule has 0 saturated carbocycles. The number of thiophene rings is 1. The van der Waals surface area contributed by atoms with Crippen molar-refractivity contribution in [2.45, 2.75) is 5.41 Å². The van der Waals surface area contributed by atoms with Crippen LogP contribution in [0.2, 0.25) is 0 Å². The fourth-order valence-corrected chi connectivity index (χ4v) is 9.07. The second kappa shape index (κ2) is 8.00. The second-order valence-electron chi connectivity index (χ2n) is 11.2. The van der Waals surface area contributed by atoms with Crippen LogP contribution in [0.1, 0.15) is 22.3 Å². The molecule has 0 radical (unpaired) electrons. The smallest absolute Gasteiger partial charge is 0.151 e. The summed E-state index contributed by atoms with van der Waals surface area (Å²) in [6.45, 7) is 0. The van der Waals surface area contributed by atoms with Crippen LogP contribution in [0, 0.1) is 0 Å². The fourth-order valence-electron chi connectivity index (χ4n) is 7.78. The lowest BCUT2D eigenvalue weighted by Gasteiger charge is -2.38. The van der Waals surface area contributed by atoms with E-state index in [-0.39, 0.29) is 0 Å². The number of anilines is 3. The molecule has 0 saturated heterocycles. The van der Waals surface area contributed by atoms with Crippen LogP contribution in [-0.2, 0) is 5.41 Å². The average molecular weight is 554 g/mol. The zero-order chi connectivity index (χ0) is 27.4. The van der Waals surface area contributed by atoms with Gasteiger partial charge in [-0.25, -0.2) is 0 Å². The van der Waals surface area contributed by atoms with Crippen molar-refractivity contribution in [2.24, 2.45) is 0 Å². The molecule has 1 aliphatic heterocycles. The third kappa shape index (κ3) is 2.61. The Kier molecular flexibility index (Phi) is 4.29. The molecule has 0 N–H and O–H groups in total. The van der Waals surface area contributed by atoms with Crippen molar-refractivity contribution in [3.8, 4) is 33.1 Å². The molecular formula is C39H23NOS. The van der Waals surface area contributed by atoms with Crippen LogP contribution in [0.3, 0.4) is 0 Å². The summed E-state index contributed by atoms with van der Waals surface area (Å²) in [6, 6.07) is 50.7. The zero-order valence-electron chi connectivity index (χ0n) is 22.5. The molecule has 7 aromatic rings. The average Bonchev–Trinajstić information content (AvgIpc) is 3.67. The molecule has 2 heterocycles. The van der Waals surface area contributed by atoms with Gasteiger partial charge in [0.2, 0.25) is 0 Å². The first kappa shape index (κ1) is 22.6. The van der Waals surface area contributed by atoms with E-state index in [4.69, 9.17) is 4.74 Å². The van der Waals surface area contributed by atoms with Crippen LogP contribution >= 0.6 is 11.3 Å². The molecule has 0 bridgehead atoms. The normalized spacial score (nSPS) is 14.5. The molecule has 0 fully saturated rings. The maximum atomic E-state index is 6.44. The van der Waals surface area contributed by atoms with Gasteiger partial charge in [-0.1, -0.05) is 103 Å². The standard InChI is InChI=1S/C39H23NOS/c1-4-16-28-24(12-1)25-13-2-5-17-29(25)39(28)36-27(38-37(39)26-14-3-10-23-35(26)42-38)15-11-20-32(36)40-30-18-6-8-21-33(30)41-34-22-9-7-19-31(34)40/h1-23H. The summed E-state index contributed by atoms with van der Waals surface area (Å²) < 4.78 is 7.78. The summed E-state index contributed by atoms with van der Waals surface area (Å²) in [5, 5.41) is 1.34. The van der Waals surface area contributed by atoms with Crippen molar-refractivity contribution in [1.82, 2.24) is 0 Å². The first-order valence-electron chi connectivity index (χ1n) is 14.4. The predicted octanol–water partition coefficient (Wildman–Crippen LogP) is 10.8. The summed E-state index contributed by atoms with van der Waals surface area (Å²) in [5.74, 6) is 1.74. The van der Waals surface area contributed by atoms with E-state index in [1.54, 1.807) is 0 Å². The number of benzene rings is 6. The lowest BCUT2D eigenvalue weighted by molar-refractivity contribution is 0.477. The van der Waals surface area contributed by atoms with E-state index in [0.717, 1.165) is 22.9 Å². The van der Waals surface area contributed by atoms with E-state index in [0.29, 0.717) is 0 Å². The highest BCUT2D eigenvalue weighted by Gasteiger charge is 2.55. The molecule has 0 amide bonds. The molecule has 42 heavy (non-hydrogen) atoms. The number of rotatable bonds is 1. The summed E-state index contributed by atoms with van der Waals surface area (Å²) in [5.41, 5.74) is 12.3. The Bertz CT molecular complexity index is 2170. The highest BCUT2D eigenvalue weighted by Crippen LogP contribution is 2.68. The molecule has 0 unspecified atom stereocenters. The quantitative estimate of drug-likeness (QED) is 0.200. The molecule has 1 spiro atoms. The second-order valence-corrected chi connectivity index (χ2v) is 12.3. The van der Waals surface area contributed by atoms with Crippen LogP contribution in [0.25, 0.3) is 31.7 Å². The van der Waals surface area contributed by atoms with Crippen LogP contribution in [-0.4, -0.2) is 0 Å². The number of hydrogen-bond donors (Lipinski definition) is 0. The largest absolute Gasteiger partial charge is 0.453 e. The predicted molar refractivity (Wildman–Crippen MR) is 173 cm³/mol. The fraction of sp³-hybridized carbons (Fsp3) is 0.0256. The number of fused-ring (bicyclic) bond motifs is 14. The first-order chi connectivity index (χ1) is 20.9. The van der Waals surface area contributed by atoms with Crippen molar-refractivity contribution in [2.75, 3.05) is 4.90 Å². The Morgan fingerprint density at radius 3 is 1.74 bits per heavy atom. The zero-order valence-corrected chi connectivity index (χ0v) is 23.4. The molecule has 0 atom stereocenters. The summed E-state index contributed by atoms with van der Waals surface area (Å²) in [4.78, 5) is 3.80. The van der Waals surface area contributed by atoms with E-state index >= 15 is 0 Å². The van der Waals surface area contributed by atoms with E-state index < -0.39 is 5.41 Å². The van der Waals surface area contributed by atoms with Gasteiger partial charge in [-0.15, -0.1) is 11.3 Å². The maximum Gasteiger partial charge on any atom is 0.151 e. The van der Waals surface area contributed by atoms with Crippen molar-refractivity contribution in [3.63, 3.8) is 0 Å². The molecule has 10 rings (SSSR count). The van der Waals surface area contributed by atoms with Crippen molar-refractivity contribution in [3.05, 3.63) is 162 Å². The molecule has 2 nitrogen and oxygen atoms in total. The van der Waals surface area contributed by atoms with Crippen LogP contribution < -0.4 is 9.64 Å². The highest BCUT2D eigenvalue weighted by molar-refractivity contribution is 7.22. The minimum Gasteiger partial charge on any atom is -0.453 e. The van der Waals surface area contributed by atoms with E-state index in [9.17, 15) is 0 Å². The first-order valence-corrected chi connectivity index (χ1v) is 15.2. The molecule has 1 aromatic heterocycles. The molecular weight excluding hydrogens is 531 g/mol. The van der Waals surface area contributed by atoms with Gasteiger partial charge in [-0.05, 0) is 75.2 Å². The van der Waals surface area contributed by atoms with E-state index in [2.05, 4.69) is 144 Å². The Balaban J connectivity index is 1.40. The van der Waals surface area contributed by atoms with Gasteiger partial charge in [0.1, 0.15) is 0 Å². The van der Waals surface area contributed by atoms with Gasteiger partial charge in [0.05, 0.1) is 22.5 Å². The monoisotopic (exact) mass is 553 g/mol. The summed E-state index contributed by atoms with van der Waals surface area (Å²) in [6.07, 6.45) is 0. The number of hydrogen-bond acceptors (Lipinski definition) is 3. The topological polar surface area (TPSA) is 12.5 Å². The Morgan fingerprint density at radius 2 is 1.02 bits per heavy atom. The van der Waals surface area contributed by atoms with E-state index in [1.165, 1.54) is 59.6 Å². The lowest BCUT2D eigenvalue weighted by atomic mass is 9.69. The molecule has 3 aliphatic rings. The van der Waals surface area contributed by atoms with Gasteiger partial charge in [0, 0.05) is 15.1 Å². The van der Waals surface area contributed by atoms with E-state index in [1.807, 2.05) is 11.3 Å². The maximum absolute atomic E-state index is 6.44. The lowest BCUT2D eigenvalue weighted by Crippen LogP contribution is -2.28. The minimum absolute atomic E-state index is 0.448. The van der Waals surface area contributed by atoms with Gasteiger partial charge in [0.25, 0.3) is 0 Å². The SMILES string of the molecule is c1ccc2c(c1)Oc1ccccc1N2c1cccc2c1C1(c3ccccc3-c3ccccc31)c1c-2sc2ccccc12. The van der Waals surface area contributed by atoms with Crippen molar-refractivity contribution >= 4 is 38.5 Å². The minimum atomic E-state index is -0.448. The molecule has 196 valence electrons. The Hall–Kier alpha value is -5.12. The number of para-hydroxylation sites is 4. The number of ether oxygens (including phenoxy) is 1. The van der Waals surface area contributed by atoms with Gasteiger partial charge >= 0.3 is 0 Å². The van der Waals surface area contributed by atoms with Gasteiger partial charge < -0.3 is 9.64 Å². The Labute approximate surface area is 247 Å². The van der Waals surface area contributed by atoms with Crippen LogP contribution in [0.15, 0.2) is 140 Å². The van der Waals surface area contributed by atoms with Gasteiger partial charge in [-0.2, -0.15) is 0 Å². The van der Waals surface area contributed by atoms with Crippen LogP contribution in [0.5, 0.6) is 11.5 Å². The molecule has 6 aromatic carbocycles. The third-order valence-electron chi connectivity index (χ3n) is 9.26. The van der Waals surface area contributed by atoms with Gasteiger partial charge in [0.15, 0.2) is 11.5 Å².